The Morgan fingerprint density at radius 1 is 1.31 bits per heavy atom. The SMILES string of the molecule is CC1CC(N(C(=O)Nc2ncc(Br)cc2OC(F)F)c2ccccc2C(C)C)C1. The minimum absolute atomic E-state index is 0.0415. The second-order valence-electron chi connectivity index (χ2n) is 7.62. The average molecular weight is 468 g/mol. The highest BCUT2D eigenvalue weighted by atomic mass is 79.9. The zero-order valence-corrected chi connectivity index (χ0v) is 18.1. The molecule has 1 N–H and O–H groups in total. The number of hydrogen-bond acceptors (Lipinski definition) is 3. The van der Waals surface area contributed by atoms with Gasteiger partial charge < -0.3 is 4.74 Å². The van der Waals surface area contributed by atoms with Crippen molar-refractivity contribution in [3.05, 3.63) is 46.6 Å². The van der Waals surface area contributed by atoms with Gasteiger partial charge in [0.05, 0.1) is 0 Å². The lowest BCUT2D eigenvalue weighted by atomic mass is 9.80. The number of para-hydroxylation sites is 1. The monoisotopic (exact) mass is 467 g/mol. The fourth-order valence-electron chi connectivity index (χ4n) is 3.60. The molecule has 29 heavy (non-hydrogen) atoms. The van der Waals surface area contributed by atoms with Crippen LogP contribution in [0.3, 0.4) is 0 Å². The lowest BCUT2D eigenvalue weighted by Crippen LogP contribution is -2.49. The molecule has 0 spiro atoms. The molecule has 1 saturated carbocycles. The molecule has 0 radical (unpaired) electrons. The summed E-state index contributed by atoms with van der Waals surface area (Å²) in [6.07, 6.45) is 3.19. The predicted molar refractivity (Wildman–Crippen MR) is 113 cm³/mol. The van der Waals surface area contributed by atoms with E-state index in [9.17, 15) is 13.6 Å². The van der Waals surface area contributed by atoms with Gasteiger partial charge in [0, 0.05) is 28.5 Å². The number of nitrogens with one attached hydrogen (secondary N) is 1. The van der Waals surface area contributed by atoms with Crippen molar-refractivity contribution < 1.29 is 18.3 Å². The van der Waals surface area contributed by atoms with Gasteiger partial charge in [0.25, 0.3) is 0 Å². The first-order valence-corrected chi connectivity index (χ1v) is 10.3. The minimum Gasteiger partial charge on any atom is -0.431 e. The predicted octanol–water partition coefficient (Wildman–Crippen LogP) is 6.41. The van der Waals surface area contributed by atoms with Gasteiger partial charge in [-0.05, 0) is 52.2 Å². The Bertz CT molecular complexity index is 873. The van der Waals surface area contributed by atoms with E-state index >= 15 is 0 Å². The Balaban J connectivity index is 1.93. The van der Waals surface area contributed by atoms with Crippen molar-refractivity contribution in [3.63, 3.8) is 0 Å². The summed E-state index contributed by atoms with van der Waals surface area (Å²) in [5.74, 6) is 0.521. The number of urea groups is 1. The van der Waals surface area contributed by atoms with E-state index < -0.39 is 12.6 Å². The van der Waals surface area contributed by atoms with Crippen molar-refractivity contribution >= 4 is 33.5 Å². The normalized spacial score (nSPS) is 18.5. The number of amides is 2. The zero-order valence-electron chi connectivity index (χ0n) is 16.5. The Hall–Kier alpha value is -2.22. The number of nitrogens with zero attached hydrogens (tertiary/aromatic N) is 2. The smallest absolute Gasteiger partial charge is 0.387 e. The topological polar surface area (TPSA) is 54.5 Å². The van der Waals surface area contributed by atoms with E-state index in [2.05, 4.69) is 51.7 Å². The molecule has 2 amide bonds. The van der Waals surface area contributed by atoms with Gasteiger partial charge in [-0.2, -0.15) is 8.78 Å². The van der Waals surface area contributed by atoms with E-state index in [1.54, 1.807) is 4.90 Å². The van der Waals surface area contributed by atoms with Crippen molar-refractivity contribution in [2.75, 3.05) is 10.2 Å². The number of carbonyl (C=O) groups excluding carboxylic acids is 1. The highest BCUT2D eigenvalue weighted by Gasteiger charge is 2.36. The molecule has 1 heterocycles. The number of hydrogen-bond donors (Lipinski definition) is 1. The van der Waals surface area contributed by atoms with Crippen LogP contribution in [0.4, 0.5) is 25.1 Å². The van der Waals surface area contributed by atoms with Crippen molar-refractivity contribution in [2.24, 2.45) is 5.92 Å². The van der Waals surface area contributed by atoms with E-state index in [0.717, 1.165) is 24.1 Å². The third-order valence-corrected chi connectivity index (χ3v) is 5.45. The molecule has 0 bridgehead atoms. The van der Waals surface area contributed by atoms with E-state index in [4.69, 9.17) is 0 Å². The first-order valence-electron chi connectivity index (χ1n) is 9.55. The lowest BCUT2D eigenvalue weighted by Gasteiger charge is -2.42. The van der Waals surface area contributed by atoms with Crippen LogP contribution in [0.5, 0.6) is 5.75 Å². The number of ether oxygens (including phenoxy) is 1. The van der Waals surface area contributed by atoms with Crippen molar-refractivity contribution in [1.82, 2.24) is 4.98 Å². The number of anilines is 2. The summed E-state index contributed by atoms with van der Waals surface area (Å²) in [4.78, 5) is 19.1. The van der Waals surface area contributed by atoms with Crippen molar-refractivity contribution in [3.8, 4) is 5.75 Å². The molecule has 8 heteroatoms. The van der Waals surface area contributed by atoms with Crippen LogP contribution in [0, 0.1) is 5.92 Å². The molecular weight excluding hydrogens is 444 g/mol. The molecule has 0 aliphatic heterocycles. The standard InChI is InChI=1S/C21H24BrF2N3O2/c1-12(2)16-6-4-5-7-17(16)27(15-8-13(3)9-15)21(28)26-19-18(29-20(23)24)10-14(22)11-25-19/h4-7,10-13,15,20H,8-9H2,1-3H3,(H,25,26,28). The number of rotatable bonds is 6. The van der Waals surface area contributed by atoms with Gasteiger partial charge in [0.1, 0.15) is 0 Å². The van der Waals surface area contributed by atoms with Gasteiger partial charge >= 0.3 is 12.6 Å². The number of pyridine rings is 1. The zero-order chi connectivity index (χ0) is 21.1. The van der Waals surface area contributed by atoms with E-state index in [-0.39, 0.29) is 23.5 Å². The van der Waals surface area contributed by atoms with Gasteiger partial charge in [0.2, 0.25) is 0 Å². The van der Waals surface area contributed by atoms with Crippen LogP contribution in [-0.4, -0.2) is 23.7 Å². The Kier molecular flexibility index (Phi) is 6.72. The van der Waals surface area contributed by atoms with E-state index in [1.165, 1.54) is 12.3 Å². The van der Waals surface area contributed by atoms with E-state index in [1.807, 2.05) is 24.3 Å². The molecule has 1 aromatic heterocycles. The Morgan fingerprint density at radius 3 is 2.62 bits per heavy atom. The van der Waals surface area contributed by atoms with E-state index in [0.29, 0.717) is 10.4 Å². The third-order valence-electron chi connectivity index (χ3n) is 5.01. The molecule has 0 saturated heterocycles. The van der Waals surface area contributed by atoms with Crippen LogP contribution < -0.4 is 15.0 Å². The van der Waals surface area contributed by atoms with Gasteiger partial charge in [-0.3, -0.25) is 10.2 Å². The molecule has 1 fully saturated rings. The number of carbonyl (C=O) groups is 1. The maximum atomic E-state index is 13.3. The Morgan fingerprint density at radius 2 is 2.00 bits per heavy atom. The maximum absolute atomic E-state index is 13.3. The molecule has 0 atom stereocenters. The highest BCUT2D eigenvalue weighted by molar-refractivity contribution is 9.10. The van der Waals surface area contributed by atoms with Crippen LogP contribution in [0.25, 0.3) is 0 Å². The quantitative estimate of drug-likeness (QED) is 0.534. The fourth-order valence-corrected chi connectivity index (χ4v) is 3.91. The molecule has 1 aliphatic carbocycles. The first kappa shape index (κ1) is 21.5. The van der Waals surface area contributed by atoms with Crippen LogP contribution in [-0.2, 0) is 0 Å². The average Bonchev–Trinajstić information content (AvgIpc) is 2.62. The molecule has 1 aromatic carbocycles. The summed E-state index contributed by atoms with van der Waals surface area (Å²) < 4.78 is 30.6. The van der Waals surface area contributed by atoms with Gasteiger partial charge in [0.15, 0.2) is 11.6 Å². The molecule has 3 rings (SSSR count). The lowest BCUT2D eigenvalue weighted by molar-refractivity contribution is -0.0495. The molecule has 2 aromatic rings. The highest BCUT2D eigenvalue weighted by Crippen LogP contribution is 2.38. The maximum Gasteiger partial charge on any atom is 0.387 e. The third kappa shape index (κ3) is 5.04. The second-order valence-corrected chi connectivity index (χ2v) is 8.54. The summed E-state index contributed by atoms with van der Waals surface area (Å²) in [6.45, 7) is 3.27. The summed E-state index contributed by atoms with van der Waals surface area (Å²) in [6, 6.07) is 8.75. The number of benzene rings is 1. The second kappa shape index (κ2) is 9.07. The minimum atomic E-state index is -3.02. The molecule has 5 nitrogen and oxygen atoms in total. The molecule has 0 unspecified atom stereocenters. The van der Waals surface area contributed by atoms with Gasteiger partial charge in [-0.15, -0.1) is 0 Å². The van der Waals surface area contributed by atoms with Gasteiger partial charge in [-0.1, -0.05) is 39.0 Å². The summed E-state index contributed by atoms with van der Waals surface area (Å²) in [5, 5.41) is 2.67. The van der Waals surface area contributed by atoms with Crippen LogP contribution in [0.2, 0.25) is 0 Å². The van der Waals surface area contributed by atoms with Crippen LogP contribution in [0.1, 0.15) is 45.1 Å². The Labute approximate surface area is 177 Å². The van der Waals surface area contributed by atoms with Crippen molar-refractivity contribution in [2.45, 2.75) is 52.2 Å². The van der Waals surface area contributed by atoms with Crippen LogP contribution >= 0.6 is 15.9 Å². The number of aromatic nitrogens is 1. The summed E-state index contributed by atoms with van der Waals surface area (Å²) in [7, 11) is 0. The van der Waals surface area contributed by atoms with Gasteiger partial charge in [-0.25, -0.2) is 9.78 Å². The summed E-state index contributed by atoms with van der Waals surface area (Å²) in [5.41, 5.74) is 1.88. The largest absolute Gasteiger partial charge is 0.431 e. The first-order chi connectivity index (χ1) is 13.8. The molecular formula is C21H24BrF2N3O2. The van der Waals surface area contributed by atoms with Crippen molar-refractivity contribution in [1.29, 1.82) is 0 Å². The summed E-state index contributed by atoms with van der Waals surface area (Å²) >= 11 is 3.18. The fraction of sp³-hybridized carbons (Fsp3) is 0.429. The molecule has 156 valence electrons. The molecule has 1 aliphatic rings. The van der Waals surface area contributed by atoms with Crippen LogP contribution in [0.15, 0.2) is 41.0 Å². The number of halogens is 3. The number of alkyl halides is 2.